The topological polar surface area (TPSA) is 85.8 Å². The van der Waals surface area contributed by atoms with E-state index in [1.807, 2.05) is 64.8 Å². The van der Waals surface area contributed by atoms with Gasteiger partial charge < -0.3 is 11.1 Å². The van der Waals surface area contributed by atoms with Gasteiger partial charge in [-0.2, -0.15) is 0 Å². The number of nitrogens with one attached hydrogen (secondary N) is 1. The predicted molar refractivity (Wildman–Crippen MR) is 142 cm³/mol. The third kappa shape index (κ3) is 5.31. The number of benzene rings is 3. The molecule has 0 fully saturated rings. The van der Waals surface area contributed by atoms with Gasteiger partial charge in [-0.1, -0.05) is 59.3 Å². The number of nitrogen functional groups attached to an aromatic ring is 1. The number of carbonyl (C=O) groups is 1. The number of hydrogen-bond acceptors (Lipinski definition) is 5. The molecule has 0 bridgehead atoms. The van der Waals surface area contributed by atoms with E-state index >= 15 is 0 Å². The predicted octanol–water partition coefficient (Wildman–Crippen LogP) is 6.06. The highest BCUT2D eigenvalue weighted by atomic mass is 32.1. The lowest BCUT2D eigenvalue weighted by molar-refractivity contribution is 0.102. The fourth-order valence-corrected chi connectivity index (χ4v) is 4.65. The molecular formula is C28H25N5OS. The van der Waals surface area contributed by atoms with Crippen LogP contribution < -0.4 is 11.1 Å². The van der Waals surface area contributed by atoms with Crippen molar-refractivity contribution in [3.8, 4) is 21.7 Å². The Bertz CT molecular complexity index is 1470. The second kappa shape index (κ2) is 9.95. The minimum absolute atomic E-state index is 0.228. The molecular weight excluding hydrogens is 454 g/mol. The number of aryl methyl sites for hydroxylation is 3. The number of thiophene rings is 1. The maximum Gasteiger partial charge on any atom is 0.255 e. The monoisotopic (exact) mass is 479 g/mol. The summed E-state index contributed by atoms with van der Waals surface area (Å²) in [7, 11) is 0. The number of anilines is 2. The van der Waals surface area contributed by atoms with Crippen LogP contribution in [0.15, 0.2) is 90.4 Å². The largest absolute Gasteiger partial charge is 0.397 e. The molecule has 174 valence electrons. The molecule has 0 aliphatic carbocycles. The van der Waals surface area contributed by atoms with Gasteiger partial charge in [-0.25, -0.2) is 0 Å². The first kappa shape index (κ1) is 22.6. The lowest BCUT2D eigenvalue weighted by Gasteiger charge is -2.10. The van der Waals surface area contributed by atoms with Gasteiger partial charge in [0.2, 0.25) is 0 Å². The Hall–Kier alpha value is -4.23. The molecule has 2 aromatic heterocycles. The average molecular weight is 480 g/mol. The summed E-state index contributed by atoms with van der Waals surface area (Å²) < 4.78 is 1.83. The zero-order chi connectivity index (χ0) is 24.2. The number of nitrogens with zero attached hydrogens (tertiary/aromatic N) is 3. The third-order valence-corrected chi connectivity index (χ3v) is 6.70. The van der Waals surface area contributed by atoms with Crippen molar-refractivity contribution in [2.75, 3.05) is 11.1 Å². The van der Waals surface area contributed by atoms with Crippen LogP contribution >= 0.6 is 11.3 Å². The lowest BCUT2D eigenvalue weighted by atomic mass is 10.1. The summed E-state index contributed by atoms with van der Waals surface area (Å²) in [4.78, 5) is 14.2. The van der Waals surface area contributed by atoms with Crippen molar-refractivity contribution in [3.63, 3.8) is 0 Å². The van der Waals surface area contributed by atoms with Crippen molar-refractivity contribution in [3.05, 3.63) is 107 Å². The summed E-state index contributed by atoms with van der Waals surface area (Å²) in [5.41, 5.74) is 12.9. The van der Waals surface area contributed by atoms with E-state index in [1.165, 1.54) is 11.1 Å². The van der Waals surface area contributed by atoms with E-state index in [-0.39, 0.29) is 5.91 Å². The molecule has 2 heterocycles. The van der Waals surface area contributed by atoms with Gasteiger partial charge in [-0.3, -0.25) is 9.48 Å². The zero-order valence-corrected chi connectivity index (χ0v) is 20.1. The van der Waals surface area contributed by atoms with Gasteiger partial charge in [0.15, 0.2) is 0 Å². The standard InChI is InChI=1S/C28H25N5OS/c1-19-5-2-6-20(15-19)12-13-33-18-26(31-32-33)21-7-3-8-23(16-21)28(34)30-25-17-22(10-11-24(25)29)27-9-4-14-35-27/h2-11,14-18H,12-13,29H2,1H3,(H,30,34). The molecule has 5 rings (SSSR count). The van der Waals surface area contributed by atoms with Gasteiger partial charge in [0.05, 0.1) is 17.6 Å². The Kier molecular flexibility index (Phi) is 6.41. The van der Waals surface area contributed by atoms with E-state index in [1.54, 1.807) is 17.4 Å². The van der Waals surface area contributed by atoms with Gasteiger partial charge >= 0.3 is 0 Å². The quantitative estimate of drug-likeness (QED) is 0.278. The van der Waals surface area contributed by atoms with Crippen LogP contribution in [0.2, 0.25) is 0 Å². The van der Waals surface area contributed by atoms with Crippen LogP contribution in [0.1, 0.15) is 21.5 Å². The minimum Gasteiger partial charge on any atom is -0.397 e. The summed E-state index contributed by atoms with van der Waals surface area (Å²) in [6.45, 7) is 2.82. The maximum absolute atomic E-state index is 13.0. The van der Waals surface area contributed by atoms with Crippen LogP contribution in [-0.2, 0) is 13.0 Å². The fraction of sp³-hybridized carbons (Fsp3) is 0.107. The minimum atomic E-state index is -0.228. The summed E-state index contributed by atoms with van der Waals surface area (Å²) >= 11 is 1.64. The molecule has 0 unspecified atom stereocenters. The van der Waals surface area contributed by atoms with E-state index in [0.717, 1.165) is 34.7 Å². The summed E-state index contributed by atoms with van der Waals surface area (Å²) in [5.74, 6) is -0.228. The molecule has 3 N–H and O–H groups in total. The number of carbonyl (C=O) groups excluding carboxylic acids is 1. The zero-order valence-electron chi connectivity index (χ0n) is 19.3. The van der Waals surface area contributed by atoms with Crippen molar-refractivity contribution in [1.82, 2.24) is 15.0 Å². The van der Waals surface area contributed by atoms with E-state index in [4.69, 9.17) is 5.73 Å². The van der Waals surface area contributed by atoms with Crippen molar-refractivity contribution < 1.29 is 4.79 Å². The van der Waals surface area contributed by atoms with Gasteiger partial charge in [-0.15, -0.1) is 16.4 Å². The Morgan fingerprint density at radius 1 is 1.00 bits per heavy atom. The number of nitrogens with two attached hydrogens (primary N) is 1. The van der Waals surface area contributed by atoms with Crippen LogP contribution in [0.25, 0.3) is 21.7 Å². The molecule has 1 amide bonds. The molecule has 6 nitrogen and oxygen atoms in total. The molecule has 0 atom stereocenters. The first-order chi connectivity index (χ1) is 17.0. The van der Waals surface area contributed by atoms with E-state index in [0.29, 0.717) is 16.9 Å². The normalized spacial score (nSPS) is 10.9. The van der Waals surface area contributed by atoms with E-state index < -0.39 is 0 Å². The molecule has 0 saturated carbocycles. The summed E-state index contributed by atoms with van der Waals surface area (Å²) in [5, 5.41) is 13.6. The molecule has 0 saturated heterocycles. The van der Waals surface area contributed by atoms with E-state index in [2.05, 4.69) is 46.8 Å². The Morgan fingerprint density at radius 2 is 1.89 bits per heavy atom. The van der Waals surface area contributed by atoms with Crippen LogP contribution in [0.3, 0.4) is 0 Å². The molecule has 3 aromatic carbocycles. The third-order valence-electron chi connectivity index (χ3n) is 5.78. The number of amides is 1. The summed E-state index contributed by atoms with van der Waals surface area (Å²) in [6, 6.07) is 25.6. The number of rotatable bonds is 7. The molecule has 0 aliphatic heterocycles. The second-order valence-electron chi connectivity index (χ2n) is 8.42. The van der Waals surface area contributed by atoms with Gasteiger partial charge in [0.1, 0.15) is 5.69 Å². The fourth-order valence-electron chi connectivity index (χ4n) is 3.93. The second-order valence-corrected chi connectivity index (χ2v) is 9.37. The van der Waals surface area contributed by atoms with Crippen LogP contribution in [0.5, 0.6) is 0 Å². The van der Waals surface area contributed by atoms with Crippen LogP contribution in [-0.4, -0.2) is 20.9 Å². The van der Waals surface area contributed by atoms with Gasteiger partial charge in [0, 0.05) is 22.5 Å². The molecule has 0 spiro atoms. The lowest BCUT2D eigenvalue weighted by Crippen LogP contribution is -2.13. The molecule has 7 heteroatoms. The van der Waals surface area contributed by atoms with Gasteiger partial charge in [-0.05, 0) is 60.2 Å². The number of hydrogen-bond donors (Lipinski definition) is 2. The molecule has 35 heavy (non-hydrogen) atoms. The maximum atomic E-state index is 13.0. The van der Waals surface area contributed by atoms with E-state index in [9.17, 15) is 4.79 Å². The average Bonchev–Trinajstić information content (AvgIpc) is 3.57. The molecule has 5 aromatic rings. The van der Waals surface area contributed by atoms with Crippen LogP contribution in [0.4, 0.5) is 11.4 Å². The highest BCUT2D eigenvalue weighted by molar-refractivity contribution is 7.13. The first-order valence-electron chi connectivity index (χ1n) is 11.4. The number of aromatic nitrogens is 3. The van der Waals surface area contributed by atoms with Crippen LogP contribution in [0, 0.1) is 6.92 Å². The SMILES string of the molecule is Cc1cccc(CCn2cc(-c3cccc(C(=O)Nc4cc(-c5cccs5)ccc4N)c3)nn2)c1. The van der Waals surface area contributed by atoms with Gasteiger partial charge in [0.25, 0.3) is 5.91 Å². The van der Waals surface area contributed by atoms with Crippen molar-refractivity contribution in [2.24, 2.45) is 0 Å². The van der Waals surface area contributed by atoms with Crippen molar-refractivity contribution in [1.29, 1.82) is 0 Å². The van der Waals surface area contributed by atoms with Crippen molar-refractivity contribution >= 4 is 28.6 Å². The highest BCUT2D eigenvalue weighted by Gasteiger charge is 2.12. The Balaban J connectivity index is 1.30. The smallest absolute Gasteiger partial charge is 0.255 e. The first-order valence-corrected chi connectivity index (χ1v) is 12.2. The molecule has 0 radical (unpaired) electrons. The molecule has 0 aliphatic rings. The van der Waals surface area contributed by atoms with Crippen molar-refractivity contribution in [2.45, 2.75) is 19.9 Å². The Labute approximate surface area is 208 Å². The highest BCUT2D eigenvalue weighted by Crippen LogP contribution is 2.30. The Morgan fingerprint density at radius 3 is 2.71 bits per heavy atom. The summed E-state index contributed by atoms with van der Waals surface area (Å²) in [6.07, 6.45) is 2.79.